The number of nitrogens with zero attached hydrogens (tertiary/aromatic N) is 1. The first-order valence-corrected chi connectivity index (χ1v) is 4.41. The molecular weight excluding hydrogens is 228 g/mol. The lowest BCUT2D eigenvalue weighted by Gasteiger charge is -2.05. The fraction of sp³-hybridized carbons (Fsp3) is 0. The van der Waals surface area contributed by atoms with Crippen LogP contribution in [0.4, 0.5) is 11.4 Å². The number of carboxylic acid groups (broad SMARTS) is 1. The van der Waals surface area contributed by atoms with E-state index in [2.05, 4.69) is 11.9 Å². The topological polar surface area (TPSA) is 110 Å². The molecule has 0 radical (unpaired) electrons. The molecule has 1 aromatic carbocycles. The third kappa shape index (κ3) is 2.88. The van der Waals surface area contributed by atoms with Gasteiger partial charge in [0.05, 0.1) is 16.2 Å². The zero-order valence-corrected chi connectivity index (χ0v) is 8.54. The molecule has 2 N–H and O–H groups in total. The number of non-ortho nitro benzene ring substituents is 1. The van der Waals surface area contributed by atoms with E-state index in [0.29, 0.717) is 0 Å². The summed E-state index contributed by atoms with van der Waals surface area (Å²) in [6.45, 7) is 3.21. The summed E-state index contributed by atoms with van der Waals surface area (Å²) in [5.41, 5.74) is -0.735. The highest BCUT2D eigenvalue weighted by Gasteiger charge is 2.16. The molecule has 0 spiro atoms. The van der Waals surface area contributed by atoms with Crippen molar-refractivity contribution in [3.05, 3.63) is 46.5 Å². The van der Waals surface area contributed by atoms with Gasteiger partial charge in [0.1, 0.15) is 0 Å². The monoisotopic (exact) mass is 236 g/mol. The van der Waals surface area contributed by atoms with Crippen molar-refractivity contribution >= 4 is 23.3 Å². The maximum Gasteiger partial charge on any atom is 0.338 e. The van der Waals surface area contributed by atoms with Crippen LogP contribution in [0.5, 0.6) is 0 Å². The molecule has 0 fully saturated rings. The summed E-state index contributed by atoms with van der Waals surface area (Å²) in [6.07, 6.45) is 0.965. The summed E-state index contributed by atoms with van der Waals surface area (Å²) in [4.78, 5) is 31.6. The Kier molecular flexibility index (Phi) is 3.55. The molecule has 0 atom stereocenters. The van der Waals surface area contributed by atoms with Crippen molar-refractivity contribution in [2.45, 2.75) is 0 Å². The number of carbonyl (C=O) groups is 2. The molecule has 0 saturated carbocycles. The number of benzene rings is 1. The van der Waals surface area contributed by atoms with E-state index >= 15 is 0 Å². The van der Waals surface area contributed by atoms with Gasteiger partial charge in [-0.3, -0.25) is 14.9 Å². The molecule has 17 heavy (non-hydrogen) atoms. The van der Waals surface area contributed by atoms with Crippen LogP contribution in [0.15, 0.2) is 30.9 Å². The average Bonchev–Trinajstić information content (AvgIpc) is 2.28. The molecule has 0 saturated heterocycles. The number of anilines is 1. The highest BCUT2D eigenvalue weighted by Crippen LogP contribution is 2.22. The van der Waals surface area contributed by atoms with Gasteiger partial charge in [-0.1, -0.05) is 6.58 Å². The second-order valence-corrected chi connectivity index (χ2v) is 2.99. The lowest BCUT2D eigenvalue weighted by molar-refractivity contribution is -0.384. The SMILES string of the molecule is C=CC(=O)Nc1ccc([N+](=O)[O-])cc1C(=O)O. The fourth-order valence-corrected chi connectivity index (χ4v) is 1.12. The Labute approximate surface area is 95.5 Å². The number of hydrogen-bond acceptors (Lipinski definition) is 4. The van der Waals surface area contributed by atoms with Crippen LogP contribution < -0.4 is 5.32 Å². The van der Waals surface area contributed by atoms with Crippen molar-refractivity contribution in [3.63, 3.8) is 0 Å². The predicted molar refractivity (Wildman–Crippen MR) is 58.9 cm³/mol. The van der Waals surface area contributed by atoms with E-state index in [9.17, 15) is 19.7 Å². The number of hydrogen-bond donors (Lipinski definition) is 2. The number of nitro benzene ring substituents is 1. The van der Waals surface area contributed by atoms with E-state index in [1.54, 1.807) is 0 Å². The van der Waals surface area contributed by atoms with Gasteiger partial charge in [0, 0.05) is 12.1 Å². The minimum atomic E-state index is -1.37. The second-order valence-electron chi connectivity index (χ2n) is 2.99. The third-order valence-electron chi connectivity index (χ3n) is 1.89. The Morgan fingerprint density at radius 2 is 2.12 bits per heavy atom. The minimum Gasteiger partial charge on any atom is -0.478 e. The van der Waals surface area contributed by atoms with E-state index in [4.69, 9.17) is 5.11 Å². The molecule has 7 nitrogen and oxygen atoms in total. The van der Waals surface area contributed by atoms with Gasteiger partial charge in [0.2, 0.25) is 5.91 Å². The van der Waals surface area contributed by atoms with Gasteiger partial charge >= 0.3 is 5.97 Å². The summed E-state index contributed by atoms with van der Waals surface area (Å²) in [5.74, 6) is -1.96. The van der Waals surface area contributed by atoms with E-state index in [0.717, 1.165) is 24.3 Å². The number of nitrogens with one attached hydrogen (secondary N) is 1. The molecule has 0 aliphatic carbocycles. The minimum absolute atomic E-state index is 0.0204. The standard InChI is InChI=1S/C10H8N2O5/c1-2-9(13)11-8-4-3-6(12(16)17)5-7(8)10(14)15/h2-5H,1H2,(H,11,13)(H,14,15). The van der Waals surface area contributed by atoms with Gasteiger partial charge < -0.3 is 10.4 Å². The Balaban J connectivity index is 3.22. The molecule has 0 aliphatic heterocycles. The highest BCUT2D eigenvalue weighted by molar-refractivity contribution is 6.04. The maximum atomic E-state index is 11.0. The van der Waals surface area contributed by atoms with Gasteiger partial charge in [0.15, 0.2) is 0 Å². The second kappa shape index (κ2) is 4.88. The molecule has 1 amide bonds. The summed E-state index contributed by atoms with van der Waals surface area (Å²) >= 11 is 0. The van der Waals surface area contributed by atoms with Crippen LogP contribution in [0, 0.1) is 10.1 Å². The Hall–Kier alpha value is -2.70. The number of aromatic carboxylic acids is 1. The maximum absolute atomic E-state index is 11.0. The molecule has 0 aromatic heterocycles. The highest BCUT2D eigenvalue weighted by atomic mass is 16.6. The van der Waals surface area contributed by atoms with Gasteiger partial charge in [-0.05, 0) is 12.1 Å². The predicted octanol–water partition coefficient (Wildman–Crippen LogP) is 1.42. The fourth-order valence-electron chi connectivity index (χ4n) is 1.12. The molecule has 0 heterocycles. The van der Waals surface area contributed by atoms with Crippen LogP contribution in [0.3, 0.4) is 0 Å². The van der Waals surface area contributed by atoms with Crippen molar-refractivity contribution in [1.82, 2.24) is 0 Å². The molecule has 0 bridgehead atoms. The smallest absolute Gasteiger partial charge is 0.338 e. The number of carbonyl (C=O) groups excluding carboxylic acids is 1. The normalized spacial score (nSPS) is 9.41. The Morgan fingerprint density at radius 3 is 2.59 bits per heavy atom. The van der Waals surface area contributed by atoms with Crippen LogP contribution in [0.1, 0.15) is 10.4 Å². The molecule has 88 valence electrons. The summed E-state index contributed by atoms with van der Waals surface area (Å²) in [5, 5.41) is 21.6. The first kappa shape index (κ1) is 12.4. The van der Waals surface area contributed by atoms with Gasteiger partial charge in [-0.2, -0.15) is 0 Å². The first-order valence-electron chi connectivity index (χ1n) is 4.41. The number of amides is 1. The molecule has 0 aliphatic rings. The molecule has 1 aromatic rings. The third-order valence-corrected chi connectivity index (χ3v) is 1.89. The van der Waals surface area contributed by atoms with Gasteiger partial charge in [-0.25, -0.2) is 4.79 Å². The van der Waals surface area contributed by atoms with Gasteiger partial charge in [-0.15, -0.1) is 0 Å². The van der Waals surface area contributed by atoms with Crippen LogP contribution in [-0.2, 0) is 4.79 Å². The van der Waals surface area contributed by atoms with Crippen LogP contribution >= 0.6 is 0 Å². The lowest BCUT2D eigenvalue weighted by Crippen LogP contribution is -2.12. The number of carboxylic acids is 1. The summed E-state index contributed by atoms with van der Waals surface area (Å²) in [7, 11) is 0. The van der Waals surface area contributed by atoms with E-state index in [1.807, 2.05) is 0 Å². The summed E-state index contributed by atoms with van der Waals surface area (Å²) < 4.78 is 0. The van der Waals surface area contributed by atoms with Crippen LogP contribution in [0.25, 0.3) is 0 Å². The molecule has 7 heteroatoms. The van der Waals surface area contributed by atoms with Crippen LogP contribution in [0.2, 0.25) is 0 Å². The van der Waals surface area contributed by atoms with Crippen molar-refractivity contribution in [2.24, 2.45) is 0 Å². The van der Waals surface area contributed by atoms with E-state index in [1.165, 1.54) is 0 Å². The molecule has 1 rings (SSSR count). The van der Waals surface area contributed by atoms with Crippen molar-refractivity contribution in [3.8, 4) is 0 Å². The first-order chi connectivity index (χ1) is 7.95. The average molecular weight is 236 g/mol. The number of rotatable bonds is 4. The number of nitro groups is 1. The summed E-state index contributed by atoms with van der Waals surface area (Å²) in [6, 6.07) is 3.13. The Bertz CT molecular complexity index is 509. The molecular formula is C10H8N2O5. The van der Waals surface area contributed by atoms with Crippen molar-refractivity contribution in [1.29, 1.82) is 0 Å². The van der Waals surface area contributed by atoms with Gasteiger partial charge in [0.25, 0.3) is 5.69 Å². The van der Waals surface area contributed by atoms with E-state index < -0.39 is 16.8 Å². The quantitative estimate of drug-likeness (QED) is 0.466. The largest absolute Gasteiger partial charge is 0.478 e. The van der Waals surface area contributed by atoms with Crippen LogP contribution in [-0.4, -0.2) is 21.9 Å². The van der Waals surface area contributed by atoms with Crippen molar-refractivity contribution < 1.29 is 19.6 Å². The van der Waals surface area contributed by atoms with E-state index in [-0.39, 0.29) is 16.9 Å². The Morgan fingerprint density at radius 1 is 1.47 bits per heavy atom. The lowest BCUT2D eigenvalue weighted by atomic mass is 10.1. The van der Waals surface area contributed by atoms with Crippen molar-refractivity contribution in [2.75, 3.05) is 5.32 Å². The molecule has 0 unspecified atom stereocenters. The zero-order chi connectivity index (χ0) is 13.0. The zero-order valence-electron chi connectivity index (χ0n) is 8.54.